The molecule has 0 radical (unpaired) electrons. The Kier molecular flexibility index (Phi) is 13.6. The van der Waals surface area contributed by atoms with Crippen LogP contribution in [-0.2, 0) is 0 Å². The highest BCUT2D eigenvalue weighted by Crippen LogP contribution is 2.50. The first-order valence-electron chi connectivity index (χ1n) is 32.7. The minimum atomic E-state index is 1.08. The second kappa shape index (κ2) is 23.3. The van der Waals surface area contributed by atoms with Crippen molar-refractivity contribution in [3.8, 4) is 89.3 Å². The van der Waals surface area contributed by atoms with Gasteiger partial charge in [-0.25, -0.2) is 0 Å². The first-order valence-corrected chi connectivity index (χ1v) is 32.7. The number of benzene rings is 16. The van der Waals surface area contributed by atoms with Crippen LogP contribution >= 0.6 is 0 Å². The number of nitrogens with zero attached hydrogens (tertiary/aromatic N) is 3. The average molecular weight is 1210 g/mol. The number of aromatic nitrogens is 2. The number of hydrogen-bond acceptors (Lipinski definition) is 1. The van der Waals surface area contributed by atoms with Crippen LogP contribution in [0.1, 0.15) is 0 Å². The number of fused-ring (bicyclic) bond motifs is 8. The monoisotopic (exact) mass is 1210 g/mol. The standard InChI is InChI=1S/C92H61N3/c1-5-21-62(22-6-1)66-37-47-75(48-38-66)93(76-49-39-67(40-50-76)63-23-7-2-8-24-63)92-83-33-15-13-31-81(83)91(82-32-14-16-34-84(82)92)74-58-72(70-45-55-89-85(60-70)79-29-17-19-35-87(79)94(89)77-51-41-68(42-52-77)64-25-9-3-10-26-64)57-73(59-74)71-46-56-90-86(61-71)80-30-18-20-36-88(80)95(90)78-53-43-69(44-54-78)65-27-11-4-12-28-65/h1-61H. The van der Waals surface area contributed by atoms with Crippen LogP contribution in [-0.4, -0.2) is 9.13 Å². The first-order chi connectivity index (χ1) is 47.1. The quantitative estimate of drug-likeness (QED) is 0.111. The Morgan fingerprint density at radius 2 is 0.442 bits per heavy atom. The molecule has 3 nitrogen and oxygen atoms in total. The van der Waals surface area contributed by atoms with Crippen molar-refractivity contribution in [1.29, 1.82) is 0 Å². The number of para-hydroxylation sites is 2. The van der Waals surface area contributed by atoms with Gasteiger partial charge in [-0.15, -0.1) is 0 Å². The topological polar surface area (TPSA) is 13.1 Å². The van der Waals surface area contributed by atoms with Gasteiger partial charge in [0.05, 0.1) is 27.8 Å². The fourth-order valence-electron chi connectivity index (χ4n) is 14.8. The highest BCUT2D eigenvalue weighted by molar-refractivity contribution is 6.23. The normalized spacial score (nSPS) is 11.6. The van der Waals surface area contributed by atoms with Crippen molar-refractivity contribution in [2.75, 3.05) is 4.90 Å². The fourth-order valence-corrected chi connectivity index (χ4v) is 14.8. The van der Waals surface area contributed by atoms with E-state index in [0.717, 1.165) is 78.1 Å². The molecule has 0 saturated carbocycles. The molecule has 0 atom stereocenters. The summed E-state index contributed by atoms with van der Waals surface area (Å²) in [4.78, 5) is 2.48. The molecule has 0 aliphatic rings. The molecule has 0 fully saturated rings. The van der Waals surface area contributed by atoms with Crippen LogP contribution in [0.4, 0.5) is 17.1 Å². The van der Waals surface area contributed by atoms with Gasteiger partial charge in [0.1, 0.15) is 0 Å². The Hall–Kier alpha value is -12.6. The number of hydrogen-bond donors (Lipinski definition) is 0. The van der Waals surface area contributed by atoms with Gasteiger partial charge in [0.15, 0.2) is 0 Å². The highest BCUT2D eigenvalue weighted by Gasteiger charge is 2.25. The van der Waals surface area contributed by atoms with Crippen molar-refractivity contribution >= 4 is 82.2 Å². The van der Waals surface area contributed by atoms with E-state index in [-0.39, 0.29) is 0 Å². The second-order valence-corrected chi connectivity index (χ2v) is 24.8. The van der Waals surface area contributed by atoms with E-state index in [1.54, 1.807) is 0 Å². The number of rotatable bonds is 12. The summed E-state index contributed by atoms with van der Waals surface area (Å²) in [5.41, 5.74) is 26.6. The summed E-state index contributed by atoms with van der Waals surface area (Å²) in [5.74, 6) is 0. The molecule has 0 aliphatic heterocycles. The summed E-state index contributed by atoms with van der Waals surface area (Å²) in [6, 6.07) is 136. The van der Waals surface area contributed by atoms with Crippen molar-refractivity contribution in [1.82, 2.24) is 9.13 Å². The molecule has 0 spiro atoms. The molecule has 0 N–H and O–H groups in total. The maximum absolute atomic E-state index is 2.48. The van der Waals surface area contributed by atoms with Gasteiger partial charge < -0.3 is 14.0 Å². The van der Waals surface area contributed by atoms with Crippen molar-refractivity contribution in [2.24, 2.45) is 0 Å². The molecule has 2 heterocycles. The van der Waals surface area contributed by atoms with Crippen LogP contribution in [0.25, 0.3) is 154 Å². The van der Waals surface area contributed by atoms with Gasteiger partial charge in [0.2, 0.25) is 0 Å². The zero-order valence-electron chi connectivity index (χ0n) is 52.1. The SMILES string of the molecule is c1ccc(-c2ccc(N(c3ccc(-c4ccccc4)cc3)c3c4ccccc4c(-c4cc(-c5ccc6c(c5)c5ccccc5n6-c5ccc(-c6ccccc6)cc5)cc(-c5ccc6c(c5)c5ccccc5n6-c5ccc(-c6ccccc6)cc5)c4)c4ccccc34)cc2)cc1. The van der Waals surface area contributed by atoms with Gasteiger partial charge in [-0.3, -0.25) is 0 Å². The van der Waals surface area contributed by atoms with E-state index in [4.69, 9.17) is 0 Å². The Balaban J connectivity index is 0.845. The smallest absolute Gasteiger partial charge is 0.0618 e. The van der Waals surface area contributed by atoms with Gasteiger partial charge in [-0.1, -0.05) is 267 Å². The van der Waals surface area contributed by atoms with Crippen LogP contribution in [0.2, 0.25) is 0 Å². The van der Waals surface area contributed by atoms with Crippen molar-refractivity contribution < 1.29 is 0 Å². The predicted molar refractivity (Wildman–Crippen MR) is 403 cm³/mol. The summed E-state index contributed by atoms with van der Waals surface area (Å²) in [5, 5.41) is 9.50. The highest BCUT2D eigenvalue weighted by atomic mass is 15.1. The molecule has 3 heteroatoms. The van der Waals surface area contributed by atoms with Gasteiger partial charge >= 0.3 is 0 Å². The summed E-state index contributed by atoms with van der Waals surface area (Å²) in [6.45, 7) is 0. The molecule has 95 heavy (non-hydrogen) atoms. The van der Waals surface area contributed by atoms with Crippen molar-refractivity contribution in [2.45, 2.75) is 0 Å². The second-order valence-electron chi connectivity index (χ2n) is 24.8. The van der Waals surface area contributed by atoms with E-state index in [1.165, 1.54) is 93.4 Å². The van der Waals surface area contributed by atoms with Gasteiger partial charge in [-0.2, -0.15) is 0 Å². The maximum atomic E-state index is 2.48. The molecule has 18 rings (SSSR count). The molecule has 444 valence electrons. The summed E-state index contributed by atoms with van der Waals surface area (Å²) >= 11 is 0. The number of anilines is 3. The summed E-state index contributed by atoms with van der Waals surface area (Å²) < 4.78 is 4.85. The van der Waals surface area contributed by atoms with E-state index in [2.05, 4.69) is 384 Å². The Morgan fingerprint density at radius 1 is 0.168 bits per heavy atom. The Morgan fingerprint density at radius 3 is 0.811 bits per heavy atom. The van der Waals surface area contributed by atoms with E-state index in [0.29, 0.717) is 0 Å². The summed E-state index contributed by atoms with van der Waals surface area (Å²) in [7, 11) is 0. The molecular formula is C92H61N3. The minimum Gasteiger partial charge on any atom is -0.309 e. The molecule has 0 saturated heterocycles. The lowest BCUT2D eigenvalue weighted by molar-refractivity contribution is 1.18. The molecule has 0 bridgehead atoms. The zero-order valence-corrected chi connectivity index (χ0v) is 52.1. The van der Waals surface area contributed by atoms with Crippen LogP contribution < -0.4 is 4.90 Å². The third-order valence-corrected chi connectivity index (χ3v) is 19.3. The molecule has 16 aromatic carbocycles. The van der Waals surface area contributed by atoms with E-state index in [9.17, 15) is 0 Å². The lowest BCUT2D eigenvalue weighted by Gasteiger charge is -2.30. The van der Waals surface area contributed by atoms with Gasteiger partial charge in [0.25, 0.3) is 0 Å². The molecule has 0 aliphatic carbocycles. The van der Waals surface area contributed by atoms with Crippen LogP contribution in [0.15, 0.2) is 370 Å². The molecule has 0 amide bonds. The predicted octanol–water partition coefficient (Wildman–Crippen LogP) is 25.3. The lowest BCUT2D eigenvalue weighted by atomic mass is 9.86. The van der Waals surface area contributed by atoms with Crippen LogP contribution in [0.3, 0.4) is 0 Å². The average Bonchev–Trinajstić information content (AvgIpc) is 1.64. The van der Waals surface area contributed by atoms with E-state index >= 15 is 0 Å². The summed E-state index contributed by atoms with van der Waals surface area (Å²) in [6.07, 6.45) is 0. The van der Waals surface area contributed by atoms with Crippen molar-refractivity contribution in [3.63, 3.8) is 0 Å². The van der Waals surface area contributed by atoms with Crippen LogP contribution in [0, 0.1) is 0 Å². The molecule has 18 aromatic rings. The van der Waals surface area contributed by atoms with E-state index in [1.807, 2.05) is 0 Å². The zero-order chi connectivity index (χ0) is 62.8. The largest absolute Gasteiger partial charge is 0.309 e. The van der Waals surface area contributed by atoms with Gasteiger partial charge in [0, 0.05) is 55.1 Å². The first kappa shape index (κ1) is 55.3. The maximum Gasteiger partial charge on any atom is 0.0618 e. The van der Waals surface area contributed by atoms with Gasteiger partial charge in [-0.05, 0) is 192 Å². The Bertz CT molecular complexity index is 5530. The molecular weight excluding hydrogens is 1150 g/mol. The fraction of sp³-hybridized carbons (Fsp3) is 0. The third-order valence-electron chi connectivity index (χ3n) is 19.3. The van der Waals surface area contributed by atoms with Crippen LogP contribution in [0.5, 0.6) is 0 Å². The third kappa shape index (κ3) is 9.76. The Labute approximate surface area is 552 Å². The van der Waals surface area contributed by atoms with E-state index < -0.39 is 0 Å². The van der Waals surface area contributed by atoms with Crippen molar-refractivity contribution in [3.05, 3.63) is 370 Å². The minimum absolute atomic E-state index is 1.08. The molecule has 0 unspecified atom stereocenters. The lowest BCUT2D eigenvalue weighted by Crippen LogP contribution is -2.11. The molecule has 2 aromatic heterocycles.